The van der Waals surface area contributed by atoms with Crippen LogP contribution in [0.3, 0.4) is 0 Å². The van der Waals surface area contributed by atoms with Crippen molar-refractivity contribution in [2.75, 3.05) is 0 Å². The minimum absolute atomic E-state index is 0.0519. The predicted octanol–water partition coefficient (Wildman–Crippen LogP) is 4.44. The molecule has 0 bridgehead atoms. The van der Waals surface area contributed by atoms with Gasteiger partial charge in [-0.15, -0.1) is 11.3 Å². The quantitative estimate of drug-likeness (QED) is 0.389. The third-order valence-corrected chi connectivity index (χ3v) is 6.10. The van der Waals surface area contributed by atoms with Crippen LogP contribution in [0.1, 0.15) is 22.9 Å². The van der Waals surface area contributed by atoms with Crippen molar-refractivity contribution in [3.8, 4) is 0 Å². The molecule has 0 aliphatic rings. The average Bonchev–Trinajstić information content (AvgIpc) is 2.82. The van der Waals surface area contributed by atoms with E-state index in [0.29, 0.717) is 17.5 Å². The molecule has 120 valence electrons. The fourth-order valence-electron chi connectivity index (χ4n) is 2.34. The molecule has 0 fully saturated rings. The summed E-state index contributed by atoms with van der Waals surface area (Å²) >= 11 is 8.94. The van der Waals surface area contributed by atoms with E-state index in [2.05, 4.69) is 4.98 Å². The first-order valence-corrected chi connectivity index (χ1v) is 9.43. The highest BCUT2D eigenvalue weighted by Crippen LogP contribution is 2.29. The molecule has 7 heteroatoms. The number of pyridine rings is 1. The van der Waals surface area contributed by atoms with Gasteiger partial charge in [0.05, 0.1) is 5.39 Å². The van der Waals surface area contributed by atoms with Crippen molar-refractivity contribution in [1.29, 1.82) is 0 Å². The van der Waals surface area contributed by atoms with Crippen LogP contribution in [0, 0.1) is 13.8 Å². The Morgan fingerprint density at radius 3 is 2.78 bits per heavy atom. The van der Waals surface area contributed by atoms with Crippen molar-refractivity contribution in [1.82, 2.24) is 14.5 Å². The highest BCUT2D eigenvalue weighted by atomic mass is 35.5. The molecule has 23 heavy (non-hydrogen) atoms. The summed E-state index contributed by atoms with van der Waals surface area (Å²) < 4.78 is 1.75. The monoisotopic (exact) mass is 365 g/mol. The minimum atomic E-state index is 0.0519. The van der Waals surface area contributed by atoms with Gasteiger partial charge in [0.2, 0.25) is 0 Å². The maximum atomic E-state index is 12.8. The molecule has 3 aromatic rings. The molecule has 3 rings (SSSR count). The fraction of sp³-hybridized carbons (Fsp3) is 0.312. The first-order chi connectivity index (χ1) is 11.0. The molecule has 0 aliphatic heterocycles. The summed E-state index contributed by atoms with van der Waals surface area (Å²) in [6.45, 7) is 6.60. The summed E-state index contributed by atoms with van der Waals surface area (Å²) in [5.41, 5.74) is 2.15. The van der Waals surface area contributed by atoms with E-state index in [1.54, 1.807) is 39.9 Å². The minimum Gasteiger partial charge on any atom is -0.287 e. The van der Waals surface area contributed by atoms with Crippen molar-refractivity contribution >= 4 is 44.9 Å². The third-order valence-electron chi connectivity index (χ3n) is 3.73. The van der Waals surface area contributed by atoms with E-state index in [4.69, 9.17) is 16.6 Å². The number of thiophene rings is 1. The van der Waals surface area contributed by atoms with Crippen LogP contribution in [0.25, 0.3) is 10.2 Å². The van der Waals surface area contributed by atoms with Crippen molar-refractivity contribution in [2.24, 2.45) is 0 Å². The van der Waals surface area contributed by atoms with Crippen LogP contribution in [-0.2, 0) is 12.3 Å². The highest BCUT2D eigenvalue weighted by molar-refractivity contribution is 7.98. The Balaban J connectivity index is 1.99. The molecular formula is C16H16ClN3OS2. The molecule has 0 N–H and O–H groups in total. The number of fused-ring (bicyclic) bond motifs is 1. The van der Waals surface area contributed by atoms with Gasteiger partial charge in [-0.1, -0.05) is 29.4 Å². The van der Waals surface area contributed by atoms with Crippen LogP contribution in [0.2, 0.25) is 5.15 Å². The van der Waals surface area contributed by atoms with E-state index >= 15 is 0 Å². The number of thioether (sulfide) groups is 1. The van der Waals surface area contributed by atoms with Gasteiger partial charge in [0, 0.05) is 23.4 Å². The first kappa shape index (κ1) is 16.5. The van der Waals surface area contributed by atoms with Crippen molar-refractivity contribution in [2.45, 2.75) is 38.2 Å². The molecule has 3 aromatic heterocycles. The van der Waals surface area contributed by atoms with Crippen LogP contribution in [0.4, 0.5) is 0 Å². The molecule has 0 spiro atoms. The van der Waals surface area contributed by atoms with Gasteiger partial charge in [-0.2, -0.15) is 0 Å². The lowest BCUT2D eigenvalue weighted by molar-refractivity contribution is 0.635. The molecule has 4 nitrogen and oxygen atoms in total. The van der Waals surface area contributed by atoms with Gasteiger partial charge in [-0.25, -0.2) is 9.97 Å². The molecular weight excluding hydrogens is 350 g/mol. The largest absolute Gasteiger partial charge is 0.287 e. The summed E-state index contributed by atoms with van der Waals surface area (Å²) in [5, 5.41) is 1.99. The van der Waals surface area contributed by atoms with E-state index in [0.717, 1.165) is 31.4 Å². The highest BCUT2D eigenvalue weighted by Gasteiger charge is 2.16. The second-order valence-electron chi connectivity index (χ2n) is 5.19. The maximum Gasteiger partial charge on any atom is 0.263 e. The smallest absolute Gasteiger partial charge is 0.263 e. The number of hydrogen-bond donors (Lipinski definition) is 0. The Morgan fingerprint density at radius 1 is 1.35 bits per heavy atom. The lowest BCUT2D eigenvalue weighted by Crippen LogP contribution is -2.22. The molecule has 0 saturated heterocycles. The van der Waals surface area contributed by atoms with Gasteiger partial charge >= 0.3 is 0 Å². The lowest BCUT2D eigenvalue weighted by Gasteiger charge is -2.10. The molecule has 0 aliphatic carbocycles. The molecule has 0 saturated carbocycles. The standard InChI is InChI=1S/C16H16ClN3OS2/c1-4-20-15(21)13-9(2)10(3)23-14(13)19-16(20)22-8-11-5-6-12(17)18-7-11/h5-7H,4,8H2,1-3H3. The van der Waals surface area contributed by atoms with E-state index < -0.39 is 0 Å². The van der Waals surface area contributed by atoms with Gasteiger partial charge in [-0.05, 0) is 38.0 Å². The van der Waals surface area contributed by atoms with Crippen LogP contribution >= 0.6 is 34.7 Å². The van der Waals surface area contributed by atoms with Crippen LogP contribution in [-0.4, -0.2) is 14.5 Å². The van der Waals surface area contributed by atoms with Gasteiger partial charge in [0.1, 0.15) is 9.98 Å². The molecule has 3 heterocycles. The van der Waals surface area contributed by atoms with Crippen molar-refractivity contribution < 1.29 is 0 Å². The van der Waals surface area contributed by atoms with Gasteiger partial charge < -0.3 is 0 Å². The van der Waals surface area contributed by atoms with Gasteiger partial charge in [0.15, 0.2) is 5.16 Å². The van der Waals surface area contributed by atoms with Crippen molar-refractivity contribution in [3.05, 3.63) is 49.8 Å². The number of aromatic nitrogens is 3. The summed E-state index contributed by atoms with van der Waals surface area (Å²) in [6.07, 6.45) is 1.75. The fourth-order valence-corrected chi connectivity index (χ4v) is 4.52. The van der Waals surface area contributed by atoms with E-state index in [9.17, 15) is 4.79 Å². The Hall–Kier alpha value is -1.37. The summed E-state index contributed by atoms with van der Waals surface area (Å²) in [6, 6.07) is 3.71. The zero-order valence-corrected chi connectivity index (χ0v) is 15.5. The van der Waals surface area contributed by atoms with Gasteiger partial charge in [0.25, 0.3) is 5.56 Å². The van der Waals surface area contributed by atoms with Crippen LogP contribution in [0.15, 0.2) is 28.3 Å². The Bertz CT molecular complexity index is 916. The zero-order chi connectivity index (χ0) is 16.6. The third kappa shape index (κ3) is 3.16. The molecule has 0 amide bonds. The lowest BCUT2D eigenvalue weighted by atomic mass is 10.2. The van der Waals surface area contributed by atoms with Crippen LogP contribution < -0.4 is 5.56 Å². The summed E-state index contributed by atoms with van der Waals surface area (Å²) in [4.78, 5) is 23.5. The second-order valence-corrected chi connectivity index (χ2v) is 7.72. The van der Waals surface area contributed by atoms with Crippen LogP contribution in [0.5, 0.6) is 0 Å². The predicted molar refractivity (Wildman–Crippen MR) is 97.8 cm³/mol. The molecule has 0 radical (unpaired) electrons. The second kappa shape index (κ2) is 6.63. The Morgan fingerprint density at radius 2 is 2.13 bits per heavy atom. The van der Waals surface area contributed by atoms with Crippen molar-refractivity contribution in [3.63, 3.8) is 0 Å². The molecule has 0 aromatic carbocycles. The van der Waals surface area contributed by atoms with E-state index in [1.807, 2.05) is 26.8 Å². The number of rotatable bonds is 4. The molecule has 0 unspecified atom stereocenters. The maximum absolute atomic E-state index is 12.8. The molecule has 0 atom stereocenters. The Labute approximate surface area is 147 Å². The number of hydrogen-bond acceptors (Lipinski definition) is 5. The average molecular weight is 366 g/mol. The number of nitrogens with zero attached hydrogens (tertiary/aromatic N) is 3. The summed E-state index contributed by atoms with van der Waals surface area (Å²) in [5.74, 6) is 0.700. The SMILES string of the molecule is CCn1c(SCc2ccc(Cl)nc2)nc2sc(C)c(C)c2c1=O. The van der Waals surface area contributed by atoms with E-state index in [-0.39, 0.29) is 5.56 Å². The number of halogens is 1. The normalized spacial score (nSPS) is 11.3. The zero-order valence-electron chi connectivity index (χ0n) is 13.1. The Kier molecular flexibility index (Phi) is 4.75. The van der Waals surface area contributed by atoms with Gasteiger partial charge in [-0.3, -0.25) is 9.36 Å². The topological polar surface area (TPSA) is 47.8 Å². The number of aryl methyl sites for hydroxylation is 2. The first-order valence-electron chi connectivity index (χ1n) is 7.25. The summed E-state index contributed by atoms with van der Waals surface area (Å²) in [7, 11) is 0. The van der Waals surface area contributed by atoms with E-state index in [1.165, 1.54) is 0 Å².